The molecule has 76 valence electrons. The highest BCUT2D eigenvalue weighted by molar-refractivity contribution is 5.85. The summed E-state index contributed by atoms with van der Waals surface area (Å²) in [4.78, 5) is 22.0. The van der Waals surface area contributed by atoms with Crippen molar-refractivity contribution in [3.8, 4) is 0 Å². The molecule has 0 spiro atoms. The van der Waals surface area contributed by atoms with Gasteiger partial charge in [0.15, 0.2) is 0 Å². The van der Waals surface area contributed by atoms with Crippen molar-refractivity contribution in [3.63, 3.8) is 0 Å². The molecule has 3 nitrogen and oxygen atoms in total. The van der Waals surface area contributed by atoms with E-state index < -0.39 is 0 Å². The molecule has 0 aliphatic carbocycles. The summed E-state index contributed by atoms with van der Waals surface area (Å²) >= 11 is 0. The molecule has 0 aromatic rings. The lowest BCUT2D eigenvalue weighted by atomic mass is 10.1. The number of carbonyl (C=O) groups excluding carboxylic acids is 2. The standard InChI is InChI=1S/C10H18O3/c1-2-9(12)6-7-10(13)5-3-4-8-11/h11H,2-8H2,1H3. The predicted octanol–water partition coefficient (Wildman–Crippen LogP) is 1.48. The van der Waals surface area contributed by atoms with Gasteiger partial charge in [0.25, 0.3) is 0 Å². The third kappa shape index (κ3) is 7.65. The fourth-order valence-corrected chi connectivity index (χ4v) is 1.01. The van der Waals surface area contributed by atoms with E-state index in [-0.39, 0.29) is 18.2 Å². The summed E-state index contributed by atoms with van der Waals surface area (Å²) in [6, 6.07) is 0. The Kier molecular flexibility index (Phi) is 7.50. The van der Waals surface area contributed by atoms with Gasteiger partial charge in [-0.05, 0) is 12.8 Å². The van der Waals surface area contributed by atoms with E-state index in [1.807, 2.05) is 0 Å². The molecule has 0 bridgehead atoms. The Balaban J connectivity index is 3.35. The van der Waals surface area contributed by atoms with Crippen LogP contribution >= 0.6 is 0 Å². The van der Waals surface area contributed by atoms with Crippen LogP contribution < -0.4 is 0 Å². The fourth-order valence-electron chi connectivity index (χ4n) is 1.01. The number of ketones is 2. The third-order valence-electron chi connectivity index (χ3n) is 1.94. The second kappa shape index (κ2) is 7.92. The number of aliphatic hydroxyl groups is 1. The molecular formula is C10H18O3. The molecule has 0 fully saturated rings. The molecule has 0 amide bonds. The molecule has 0 aromatic heterocycles. The lowest BCUT2D eigenvalue weighted by Crippen LogP contribution is -2.03. The smallest absolute Gasteiger partial charge is 0.133 e. The highest BCUT2D eigenvalue weighted by atomic mass is 16.3. The van der Waals surface area contributed by atoms with Crippen molar-refractivity contribution in [1.82, 2.24) is 0 Å². The molecule has 0 aromatic carbocycles. The minimum absolute atomic E-state index is 0.134. The van der Waals surface area contributed by atoms with Crippen LogP contribution in [0.15, 0.2) is 0 Å². The lowest BCUT2D eigenvalue weighted by Gasteiger charge is -1.98. The van der Waals surface area contributed by atoms with Crippen molar-refractivity contribution in [2.45, 2.75) is 45.4 Å². The van der Waals surface area contributed by atoms with Crippen molar-refractivity contribution in [3.05, 3.63) is 0 Å². The maximum absolute atomic E-state index is 11.1. The number of carbonyl (C=O) groups is 2. The molecule has 0 saturated carbocycles. The zero-order valence-electron chi connectivity index (χ0n) is 8.21. The topological polar surface area (TPSA) is 54.4 Å². The first kappa shape index (κ1) is 12.3. The summed E-state index contributed by atoms with van der Waals surface area (Å²) in [5, 5.41) is 8.47. The summed E-state index contributed by atoms with van der Waals surface area (Å²) in [6.07, 6.45) is 3.18. The molecule has 0 rings (SSSR count). The highest BCUT2D eigenvalue weighted by Gasteiger charge is 2.04. The average Bonchev–Trinajstić information content (AvgIpc) is 2.14. The molecule has 3 heteroatoms. The second-order valence-electron chi connectivity index (χ2n) is 3.11. The van der Waals surface area contributed by atoms with Gasteiger partial charge in [-0.2, -0.15) is 0 Å². The van der Waals surface area contributed by atoms with E-state index in [2.05, 4.69) is 0 Å². The number of hydrogen-bond acceptors (Lipinski definition) is 3. The first-order chi connectivity index (χ1) is 6.20. The van der Waals surface area contributed by atoms with E-state index in [0.717, 1.165) is 6.42 Å². The van der Waals surface area contributed by atoms with Gasteiger partial charge in [0.1, 0.15) is 11.6 Å². The summed E-state index contributed by atoms with van der Waals surface area (Å²) < 4.78 is 0. The van der Waals surface area contributed by atoms with Gasteiger partial charge in [-0.3, -0.25) is 9.59 Å². The molecule has 0 aliphatic heterocycles. The quantitative estimate of drug-likeness (QED) is 0.584. The molecule has 0 unspecified atom stereocenters. The summed E-state index contributed by atoms with van der Waals surface area (Å²) in [6.45, 7) is 1.94. The minimum atomic E-state index is 0.134. The molecular weight excluding hydrogens is 168 g/mol. The Morgan fingerprint density at radius 3 is 2.15 bits per heavy atom. The number of hydrogen-bond donors (Lipinski definition) is 1. The van der Waals surface area contributed by atoms with Crippen LogP contribution in [0.1, 0.15) is 45.4 Å². The molecule has 0 radical (unpaired) electrons. The molecule has 0 saturated heterocycles. The second-order valence-corrected chi connectivity index (χ2v) is 3.11. The van der Waals surface area contributed by atoms with Gasteiger partial charge < -0.3 is 5.11 Å². The molecule has 0 heterocycles. The van der Waals surface area contributed by atoms with Crippen molar-refractivity contribution >= 4 is 11.6 Å². The normalized spacial score (nSPS) is 10.0. The number of aliphatic hydroxyl groups excluding tert-OH is 1. The van der Waals surface area contributed by atoms with Crippen molar-refractivity contribution in [2.75, 3.05) is 6.61 Å². The predicted molar refractivity (Wildman–Crippen MR) is 50.5 cm³/mol. The summed E-state index contributed by atoms with van der Waals surface area (Å²) in [7, 11) is 0. The van der Waals surface area contributed by atoms with Gasteiger partial charge in [0.05, 0.1) is 0 Å². The fraction of sp³-hybridized carbons (Fsp3) is 0.800. The zero-order valence-corrected chi connectivity index (χ0v) is 8.21. The van der Waals surface area contributed by atoms with Crippen LogP contribution in [0.3, 0.4) is 0 Å². The van der Waals surface area contributed by atoms with E-state index in [0.29, 0.717) is 32.1 Å². The van der Waals surface area contributed by atoms with Gasteiger partial charge >= 0.3 is 0 Å². The van der Waals surface area contributed by atoms with Crippen LogP contribution in [0.25, 0.3) is 0 Å². The van der Waals surface area contributed by atoms with E-state index in [1.165, 1.54) is 0 Å². The Bertz CT molecular complexity index is 164. The summed E-state index contributed by atoms with van der Waals surface area (Å²) in [5.41, 5.74) is 0. The maximum atomic E-state index is 11.1. The van der Waals surface area contributed by atoms with Gasteiger partial charge in [0.2, 0.25) is 0 Å². The SMILES string of the molecule is CCC(=O)CCC(=O)CCCCO. The first-order valence-corrected chi connectivity index (χ1v) is 4.85. The Morgan fingerprint density at radius 2 is 1.62 bits per heavy atom. The minimum Gasteiger partial charge on any atom is -0.396 e. The number of rotatable bonds is 8. The Hall–Kier alpha value is -0.700. The monoisotopic (exact) mass is 186 g/mol. The van der Waals surface area contributed by atoms with Crippen LogP contribution in [-0.4, -0.2) is 23.3 Å². The Morgan fingerprint density at radius 1 is 1.00 bits per heavy atom. The molecule has 0 atom stereocenters. The van der Waals surface area contributed by atoms with E-state index >= 15 is 0 Å². The largest absolute Gasteiger partial charge is 0.396 e. The Labute approximate surface area is 79.1 Å². The average molecular weight is 186 g/mol. The first-order valence-electron chi connectivity index (χ1n) is 4.85. The van der Waals surface area contributed by atoms with E-state index in [9.17, 15) is 9.59 Å². The van der Waals surface area contributed by atoms with Crippen molar-refractivity contribution < 1.29 is 14.7 Å². The van der Waals surface area contributed by atoms with Gasteiger partial charge in [-0.1, -0.05) is 6.92 Å². The number of unbranched alkanes of at least 4 members (excludes halogenated alkanes) is 1. The highest BCUT2D eigenvalue weighted by Crippen LogP contribution is 2.02. The van der Waals surface area contributed by atoms with E-state index in [4.69, 9.17) is 5.11 Å². The van der Waals surface area contributed by atoms with Gasteiger partial charge in [-0.25, -0.2) is 0 Å². The third-order valence-corrected chi connectivity index (χ3v) is 1.94. The number of Topliss-reactive ketones (excluding diaryl/α,β-unsaturated/α-hetero) is 2. The van der Waals surface area contributed by atoms with E-state index in [1.54, 1.807) is 6.92 Å². The van der Waals surface area contributed by atoms with Crippen LogP contribution in [0, 0.1) is 0 Å². The molecule has 13 heavy (non-hydrogen) atoms. The molecule has 0 aliphatic rings. The lowest BCUT2D eigenvalue weighted by molar-refractivity contribution is -0.124. The van der Waals surface area contributed by atoms with Crippen molar-refractivity contribution in [1.29, 1.82) is 0 Å². The van der Waals surface area contributed by atoms with Gasteiger partial charge in [-0.15, -0.1) is 0 Å². The van der Waals surface area contributed by atoms with Crippen LogP contribution in [0.5, 0.6) is 0 Å². The summed E-state index contributed by atoms with van der Waals surface area (Å²) in [5.74, 6) is 0.283. The van der Waals surface area contributed by atoms with Crippen LogP contribution in [0.2, 0.25) is 0 Å². The molecule has 1 N–H and O–H groups in total. The van der Waals surface area contributed by atoms with Gasteiger partial charge in [0, 0.05) is 32.3 Å². The van der Waals surface area contributed by atoms with Crippen LogP contribution in [0.4, 0.5) is 0 Å². The maximum Gasteiger partial charge on any atom is 0.133 e. The van der Waals surface area contributed by atoms with Crippen molar-refractivity contribution in [2.24, 2.45) is 0 Å². The zero-order chi connectivity index (χ0) is 10.1. The van der Waals surface area contributed by atoms with Crippen LogP contribution in [-0.2, 0) is 9.59 Å².